The highest BCUT2D eigenvalue weighted by Gasteiger charge is 2.20. The van der Waals surface area contributed by atoms with Gasteiger partial charge in [0.05, 0.1) is 0 Å². The Morgan fingerprint density at radius 1 is 0.893 bits per heavy atom. The lowest BCUT2D eigenvalue weighted by Gasteiger charge is -2.17. The fourth-order valence-corrected chi connectivity index (χ4v) is 3.02. The molecule has 0 heterocycles. The summed E-state index contributed by atoms with van der Waals surface area (Å²) in [7, 11) is 0. The first kappa shape index (κ1) is 19.6. The molecule has 0 saturated heterocycles. The van der Waals surface area contributed by atoms with E-state index in [1.807, 2.05) is 79.7 Å². The van der Waals surface area contributed by atoms with Crippen LogP contribution in [0.25, 0.3) is 0 Å². The zero-order valence-electron chi connectivity index (χ0n) is 16.3. The molecule has 0 radical (unpaired) electrons. The van der Waals surface area contributed by atoms with Gasteiger partial charge in [-0.15, -0.1) is 0 Å². The third-order valence-corrected chi connectivity index (χ3v) is 4.69. The van der Waals surface area contributed by atoms with Gasteiger partial charge in [0.1, 0.15) is 18.4 Å². The quantitative estimate of drug-likeness (QED) is 0.627. The minimum Gasteiger partial charge on any atom is -0.489 e. The number of hydrogen-bond donors (Lipinski definition) is 2. The van der Waals surface area contributed by atoms with Crippen molar-refractivity contribution in [3.05, 3.63) is 96.1 Å². The number of rotatable bonds is 8. The van der Waals surface area contributed by atoms with Crippen molar-refractivity contribution in [2.75, 3.05) is 5.32 Å². The predicted molar refractivity (Wildman–Crippen MR) is 112 cm³/mol. The van der Waals surface area contributed by atoms with E-state index >= 15 is 0 Å². The van der Waals surface area contributed by atoms with Crippen molar-refractivity contribution in [3.63, 3.8) is 0 Å². The van der Waals surface area contributed by atoms with Crippen LogP contribution in [0, 0.1) is 0 Å². The standard InChI is InChI=1S/C24H26N2O2/c1-18(21-11-7-4-8-12-21)25-19(2)24(27)26-22-13-15-23(16-14-22)28-17-20-9-5-3-6-10-20/h3-16,18-19,25H,17H2,1-2H3,(H,26,27)/p+1/t18-,19-/m0/s1. The molecule has 0 aliphatic heterocycles. The lowest BCUT2D eigenvalue weighted by atomic mass is 10.1. The van der Waals surface area contributed by atoms with Crippen LogP contribution in [-0.2, 0) is 11.4 Å². The molecule has 0 unspecified atom stereocenters. The molecule has 0 aromatic heterocycles. The molecule has 2 atom stereocenters. The van der Waals surface area contributed by atoms with Crippen molar-refractivity contribution in [2.24, 2.45) is 0 Å². The van der Waals surface area contributed by atoms with Crippen LogP contribution in [0.4, 0.5) is 5.69 Å². The van der Waals surface area contributed by atoms with Gasteiger partial charge in [0.2, 0.25) is 0 Å². The summed E-state index contributed by atoms with van der Waals surface area (Å²) in [5, 5.41) is 5.05. The first-order valence-corrected chi connectivity index (χ1v) is 9.59. The topological polar surface area (TPSA) is 54.9 Å². The molecule has 3 aromatic carbocycles. The molecule has 3 aromatic rings. The fraction of sp³-hybridized carbons (Fsp3) is 0.208. The van der Waals surface area contributed by atoms with Crippen LogP contribution in [0.15, 0.2) is 84.9 Å². The van der Waals surface area contributed by atoms with E-state index in [-0.39, 0.29) is 18.0 Å². The number of benzene rings is 3. The number of hydrogen-bond acceptors (Lipinski definition) is 2. The molecule has 28 heavy (non-hydrogen) atoms. The Balaban J connectivity index is 1.49. The van der Waals surface area contributed by atoms with Gasteiger partial charge in [0.15, 0.2) is 6.04 Å². The summed E-state index contributed by atoms with van der Waals surface area (Å²) >= 11 is 0. The number of nitrogens with two attached hydrogens (primary N) is 1. The van der Waals surface area contributed by atoms with Crippen LogP contribution < -0.4 is 15.4 Å². The molecule has 0 bridgehead atoms. The van der Waals surface area contributed by atoms with Gasteiger partial charge in [-0.05, 0) is 43.7 Å². The van der Waals surface area contributed by atoms with Crippen molar-refractivity contribution in [1.82, 2.24) is 0 Å². The maximum absolute atomic E-state index is 12.5. The highest BCUT2D eigenvalue weighted by atomic mass is 16.5. The van der Waals surface area contributed by atoms with Gasteiger partial charge in [-0.3, -0.25) is 4.79 Å². The first-order chi connectivity index (χ1) is 13.6. The maximum Gasteiger partial charge on any atom is 0.282 e. The van der Waals surface area contributed by atoms with E-state index < -0.39 is 0 Å². The molecular formula is C24H27N2O2+. The second-order valence-electron chi connectivity index (χ2n) is 6.97. The molecule has 0 spiro atoms. The van der Waals surface area contributed by atoms with Crippen LogP contribution in [0.3, 0.4) is 0 Å². The SMILES string of the molecule is C[C@H]([NH2+][C@@H](C)c1ccccc1)C(=O)Nc1ccc(OCc2ccccc2)cc1. The molecule has 0 aliphatic carbocycles. The summed E-state index contributed by atoms with van der Waals surface area (Å²) in [5.74, 6) is 0.764. The molecule has 0 fully saturated rings. The largest absolute Gasteiger partial charge is 0.489 e. The van der Waals surface area contributed by atoms with E-state index in [0.29, 0.717) is 6.61 Å². The minimum absolute atomic E-state index is 0.0132. The Hall–Kier alpha value is -3.11. The van der Waals surface area contributed by atoms with Gasteiger partial charge in [0, 0.05) is 11.3 Å². The lowest BCUT2D eigenvalue weighted by molar-refractivity contribution is -0.709. The van der Waals surface area contributed by atoms with E-state index in [2.05, 4.69) is 29.7 Å². The number of anilines is 1. The van der Waals surface area contributed by atoms with Crippen LogP contribution >= 0.6 is 0 Å². The monoisotopic (exact) mass is 375 g/mol. The number of nitrogens with one attached hydrogen (secondary N) is 1. The maximum atomic E-state index is 12.5. The van der Waals surface area contributed by atoms with Crippen LogP contribution in [-0.4, -0.2) is 11.9 Å². The molecule has 0 aliphatic rings. The van der Waals surface area contributed by atoms with Gasteiger partial charge < -0.3 is 15.4 Å². The summed E-state index contributed by atoms with van der Waals surface area (Å²) in [6, 6.07) is 27.8. The van der Waals surface area contributed by atoms with Gasteiger partial charge in [-0.25, -0.2) is 0 Å². The van der Waals surface area contributed by atoms with Gasteiger partial charge in [0.25, 0.3) is 5.91 Å². The Morgan fingerprint density at radius 3 is 2.14 bits per heavy atom. The average molecular weight is 375 g/mol. The number of carbonyl (C=O) groups is 1. The van der Waals surface area contributed by atoms with Crippen LogP contribution in [0.1, 0.15) is 31.0 Å². The normalized spacial score (nSPS) is 12.8. The molecule has 0 saturated carbocycles. The molecule has 4 heteroatoms. The number of carbonyl (C=O) groups excluding carboxylic acids is 1. The minimum atomic E-state index is -0.191. The van der Waals surface area contributed by atoms with Crippen molar-refractivity contribution < 1.29 is 14.8 Å². The van der Waals surface area contributed by atoms with Crippen molar-refractivity contribution in [3.8, 4) is 5.75 Å². The molecule has 3 rings (SSSR count). The predicted octanol–water partition coefficient (Wildman–Crippen LogP) is 3.92. The Kier molecular flexibility index (Phi) is 6.82. The summed E-state index contributed by atoms with van der Waals surface area (Å²) < 4.78 is 5.78. The van der Waals surface area contributed by atoms with E-state index in [4.69, 9.17) is 4.74 Å². The zero-order valence-corrected chi connectivity index (χ0v) is 16.3. The smallest absolute Gasteiger partial charge is 0.282 e. The Morgan fingerprint density at radius 2 is 1.50 bits per heavy atom. The van der Waals surface area contributed by atoms with E-state index in [9.17, 15) is 4.79 Å². The molecule has 4 nitrogen and oxygen atoms in total. The molecule has 1 amide bonds. The van der Waals surface area contributed by atoms with Gasteiger partial charge >= 0.3 is 0 Å². The van der Waals surface area contributed by atoms with E-state index in [1.54, 1.807) is 0 Å². The number of ether oxygens (including phenoxy) is 1. The molecule has 3 N–H and O–H groups in total. The zero-order chi connectivity index (χ0) is 19.8. The summed E-state index contributed by atoms with van der Waals surface area (Å²) in [4.78, 5) is 12.5. The average Bonchev–Trinajstić information content (AvgIpc) is 2.74. The molecular weight excluding hydrogens is 348 g/mol. The van der Waals surface area contributed by atoms with E-state index in [1.165, 1.54) is 5.56 Å². The van der Waals surface area contributed by atoms with Crippen LogP contribution in [0.5, 0.6) is 5.75 Å². The van der Waals surface area contributed by atoms with Gasteiger partial charge in [-0.1, -0.05) is 60.7 Å². The third kappa shape index (κ3) is 5.69. The molecule has 144 valence electrons. The van der Waals surface area contributed by atoms with Gasteiger partial charge in [-0.2, -0.15) is 0 Å². The highest BCUT2D eigenvalue weighted by molar-refractivity contribution is 5.93. The van der Waals surface area contributed by atoms with Crippen LogP contribution in [0.2, 0.25) is 0 Å². The van der Waals surface area contributed by atoms with Crippen molar-refractivity contribution >= 4 is 11.6 Å². The highest BCUT2D eigenvalue weighted by Crippen LogP contribution is 2.17. The summed E-state index contributed by atoms with van der Waals surface area (Å²) in [6.07, 6.45) is 0. The Bertz CT molecular complexity index is 864. The lowest BCUT2D eigenvalue weighted by Crippen LogP contribution is -2.91. The first-order valence-electron chi connectivity index (χ1n) is 9.59. The van der Waals surface area contributed by atoms with E-state index in [0.717, 1.165) is 17.0 Å². The second-order valence-corrected chi connectivity index (χ2v) is 6.97. The summed E-state index contributed by atoms with van der Waals surface area (Å²) in [6.45, 7) is 4.56. The summed E-state index contributed by atoms with van der Waals surface area (Å²) in [5.41, 5.74) is 3.10. The Labute approximate surface area is 166 Å². The number of quaternary nitrogens is 1. The third-order valence-electron chi connectivity index (χ3n) is 4.69. The number of amides is 1. The van der Waals surface area contributed by atoms with Crippen molar-refractivity contribution in [2.45, 2.75) is 32.5 Å². The van der Waals surface area contributed by atoms with Crippen molar-refractivity contribution in [1.29, 1.82) is 0 Å². The fourth-order valence-electron chi connectivity index (χ4n) is 3.02. The second kappa shape index (κ2) is 9.72.